The minimum atomic E-state index is 0.206. The van der Waals surface area contributed by atoms with Crippen LogP contribution in [-0.4, -0.2) is 22.3 Å². The second kappa shape index (κ2) is 5.63. The van der Waals surface area contributed by atoms with Crippen molar-refractivity contribution in [3.63, 3.8) is 0 Å². The predicted molar refractivity (Wildman–Crippen MR) is 70.5 cm³/mol. The molecule has 0 unspecified atom stereocenters. The average Bonchev–Trinajstić information content (AvgIpc) is 2.46. The van der Waals surface area contributed by atoms with E-state index in [0.29, 0.717) is 5.56 Å². The monoisotopic (exact) mass is 240 g/mol. The highest BCUT2D eigenvalue weighted by atomic mass is 16.4. The van der Waals surface area contributed by atoms with Gasteiger partial charge in [-0.3, -0.25) is 0 Å². The molecule has 0 aromatic heterocycles. The first-order valence-corrected chi connectivity index (χ1v) is 5.40. The summed E-state index contributed by atoms with van der Waals surface area (Å²) < 4.78 is 0. The maximum absolute atomic E-state index is 8.78. The number of hydrogen-bond donors (Lipinski definition) is 2. The summed E-state index contributed by atoms with van der Waals surface area (Å²) in [6, 6.07) is 17.4. The molecule has 0 aliphatic rings. The quantitative estimate of drug-likeness (QED) is 0.492. The second-order valence-corrected chi connectivity index (χ2v) is 3.67. The molecule has 90 valence electrons. The van der Waals surface area contributed by atoms with Crippen LogP contribution >= 0.6 is 0 Å². The molecule has 0 spiro atoms. The first-order chi connectivity index (χ1) is 8.85. The Labute approximate surface area is 105 Å². The van der Waals surface area contributed by atoms with Crippen LogP contribution in [0.5, 0.6) is 0 Å². The van der Waals surface area contributed by atoms with Crippen molar-refractivity contribution in [2.45, 2.75) is 0 Å². The van der Waals surface area contributed by atoms with E-state index < -0.39 is 0 Å². The van der Waals surface area contributed by atoms with Crippen molar-refractivity contribution in [1.82, 2.24) is 0 Å². The van der Waals surface area contributed by atoms with Gasteiger partial charge < -0.3 is 10.4 Å². The summed E-state index contributed by atoms with van der Waals surface area (Å²) in [5, 5.41) is 23.1. The molecule has 0 heterocycles. The van der Waals surface area contributed by atoms with E-state index >= 15 is 0 Å². The molecule has 4 heteroatoms. The Hall–Kier alpha value is -2.62. The third kappa shape index (κ3) is 2.55. The van der Waals surface area contributed by atoms with Crippen molar-refractivity contribution in [2.75, 3.05) is 0 Å². The molecular weight excluding hydrogens is 228 g/mol. The Balaban J connectivity index is 2.31. The molecule has 0 aliphatic heterocycles. The van der Waals surface area contributed by atoms with Gasteiger partial charge in [0.1, 0.15) is 5.71 Å². The molecule has 0 fully saturated rings. The van der Waals surface area contributed by atoms with E-state index in [0.717, 1.165) is 17.3 Å². The van der Waals surface area contributed by atoms with Gasteiger partial charge in [-0.25, -0.2) is 0 Å². The first kappa shape index (κ1) is 11.9. The van der Waals surface area contributed by atoms with Crippen LogP contribution in [0.2, 0.25) is 0 Å². The molecule has 4 nitrogen and oxygen atoms in total. The third-order valence-electron chi connectivity index (χ3n) is 2.58. The van der Waals surface area contributed by atoms with Crippen molar-refractivity contribution in [2.24, 2.45) is 10.3 Å². The van der Waals surface area contributed by atoms with Gasteiger partial charge in [0, 0.05) is 5.56 Å². The highest BCUT2D eigenvalue weighted by Gasteiger charge is 2.02. The lowest BCUT2D eigenvalue weighted by Gasteiger charge is -2.03. The highest BCUT2D eigenvalue weighted by Crippen LogP contribution is 2.19. The van der Waals surface area contributed by atoms with Crippen molar-refractivity contribution < 1.29 is 10.4 Å². The minimum absolute atomic E-state index is 0.206. The van der Waals surface area contributed by atoms with Gasteiger partial charge in [-0.05, 0) is 11.1 Å². The van der Waals surface area contributed by atoms with Gasteiger partial charge in [0.05, 0.1) is 6.21 Å². The van der Waals surface area contributed by atoms with Crippen LogP contribution in [-0.2, 0) is 0 Å². The van der Waals surface area contributed by atoms with Gasteiger partial charge in [0.25, 0.3) is 0 Å². The van der Waals surface area contributed by atoms with Crippen molar-refractivity contribution >= 4 is 11.9 Å². The molecule has 2 aromatic rings. The summed E-state index contributed by atoms with van der Waals surface area (Å²) >= 11 is 0. The smallest absolute Gasteiger partial charge is 0.131 e. The number of oxime groups is 2. The molecule has 0 amide bonds. The molecule has 2 rings (SSSR count). The maximum atomic E-state index is 8.78. The molecule has 2 N–H and O–H groups in total. The zero-order chi connectivity index (χ0) is 12.8. The van der Waals surface area contributed by atoms with Crippen LogP contribution < -0.4 is 0 Å². The Morgan fingerprint density at radius 1 is 0.833 bits per heavy atom. The molecule has 2 aromatic carbocycles. The minimum Gasteiger partial charge on any atom is -0.411 e. The first-order valence-electron chi connectivity index (χ1n) is 5.40. The number of benzene rings is 2. The van der Waals surface area contributed by atoms with Gasteiger partial charge in [-0.15, -0.1) is 0 Å². The largest absolute Gasteiger partial charge is 0.411 e. The summed E-state index contributed by atoms with van der Waals surface area (Å²) in [7, 11) is 0. The lowest BCUT2D eigenvalue weighted by atomic mass is 10.0. The number of nitrogens with zero attached hydrogens (tertiary/aromatic N) is 2. The third-order valence-corrected chi connectivity index (χ3v) is 2.58. The molecule has 18 heavy (non-hydrogen) atoms. The average molecular weight is 240 g/mol. The molecule has 0 saturated carbocycles. The van der Waals surface area contributed by atoms with Crippen LogP contribution in [0.25, 0.3) is 11.1 Å². The predicted octanol–water partition coefficient (Wildman–Crippen LogP) is 2.99. The summed E-state index contributed by atoms with van der Waals surface area (Å²) in [4.78, 5) is 0. The lowest BCUT2D eigenvalue weighted by molar-refractivity contribution is 0.316. The van der Waals surface area contributed by atoms with Crippen LogP contribution in [0, 0.1) is 0 Å². The highest BCUT2D eigenvalue weighted by molar-refractivity contribution is 6.37. The fourth-order valence-corrected chi connectivity index (χ4v) is 1.68. The lowest BCUT2D eigenvalue weighted by Crippen LogP contribution is -2.02. The van der Waals surface area contributed by atoms with E-state index in [-0.39, 0.29) is 5.71 Å². The topological polar surface area (TPSA) is 65.2 Å². The van der Waals surface area contributed by atoms with E-state index in [2.05, 4.69) is 10.3 Å². The van der Waals surface area contributed by atoms with E-state index in [1.807, 2.05) is 42.5 Å². The van der Waals surface area contributed by atoms with E-state index in [1.54, 1.807) is 12.1 Å². The van der Waals surface area contributed by atoms with Crippen molar-refractivity contribution in [3.05, 3.63) is 60.2 Å². The zero-order valence-corrected chi connectivity index (χ0v) is 9.56. The molecule has 0 aliphatic carbocycles. The van der Waals surface area contributed by atoms with Gasteiger partial charge >= 0.3 is 0 Å². The van der Waals surface area contributed by atoms with Crippen molar-refractivity contribution in [3.8, 4) is 11.1 Å². The van der Waals surface area contributed by atoms with Gasteiger partial charge in [0.2, 0.25) is 0 Å². The zero-order valence-electron chi connectivity index (χ0n) is 9.56. The fourth-order valence-electron chi connectivity index (χ4n) is 1.68. The van der Waals surface area contributed by atoms with E-state index in [9.17, 15) is 0 Å². The summed E-state index contributed by atoms with van der Waals surface area (Å²) in [6.07, 6.45) is 1.08. The van der Waals surface area contributed by atoms with E-state index in [4.69, 9.17) is 10.4 Å². The number of hydrogen-bond acceptors (Lipinski definition) is 4. The molecule has 0 bridgehead atoms. The molecular formula is C14H12N2O2. The van der Waals surface area contributed by atoms with Crippen LogP contribution in [0.1, 0.15) is 5.56 Å². The normalized spacial score (nSPS) is 11.9. The second-order valence-electron chi connectivity index (χ2n) is 3.67. The summed E-state index contributed by atoms with van der Waals surface area (Å²) in [5.41, 5.74) is 3.06. The van der Waals surface area contributed by atoms with Crippen LogP contribution in [0.15, 0.2) is 64.9 Å². The Kier molecular flexibility index (Phi) is 3.71. The van der Waals surface area contributed by atoms with Gasteiger partial charge in [-0.2, -0.15) is 0 Å². The molecule has 0 saturated heterocycles. The summed E-state index contributed by atoms with van der Waals surface area (Å²) in [6.45, 7) is 0. The van der Waals surface area contributed by atoms with E-state index in [1.165, 1.54) is 0 Å². The molecule has 0 radical (unpaired) electrons. The summed E-state index contributed by atoms with van der Waals surface area (Å²) in [5.74, 6) is 0. The SMILES string of the molecule is O/N=C/C(=N/O)c1ccc(-c2ccccc2)cc1. The van der Waals surface area contributed by atoms with Crippen LogP contribution in [0.4, 0.5) is 0 Å². The van der Waals surface area contributed by atoms with Crippen molar-refractivity contribution in [1.29, 1.82) is 0 Å². The molecule has 0 atom stereocenters. The van der Waals surface area contributed by atoms with Gasteiger partial charge in [-0.1, -0.05) is 64.9 Å². The maximum Gasteiger partial charge on any atom is 0.131 e. The Morgan fingerprint density at radius 3 is 2.00 bits per heavy atom. The fraction of sp³-hybridized carbons (Fsp3) is 0. The van der Waals surface area contributed by atoms with Crippen LogP contribution in [0.3, 0.4) is 0 Å². The Bertz CT molecular complexity index is 560. The number of rotatable bonds is 3. The Morgan fingerprint density at radius 2 is 1.44 bits per heavy atom. The van der Waals surface area contributed by atoms with Gasteiger partial charge in [0.15, 0.2) is 0 Å². The standard InChI is InChI=1S/C14H12N2O2/c17-15-10-14(16-18)13-8-6-12(7-9-13)11-4-2-1-3-5-11/h1-10,17-18H/b15-10+,16-14-.